The average molecular weight is 264 g/mol. The molecule has 3 aliphatic rings. The van der Waals surface area contributed by atoms with Crippen LogP contribution in [0.2, 0.25) is 0 Å². The Balaban J connectivity index is 1.50. The molecule has 4 heteroatoms. The van der Waals surface area contributed by atoms with Gasteiger partial charge >= 0.3 is 0 Å². The molecule has 19 heavy (non-hydrogen) atoms. The number of amides is 2. The largest absolute Gasteiger partial charge is 0.351 e. The van der Waals surface area contributed by atoms with Crippen LogP contribution in [0.1, 0.15) is 40.0 Å². The molecule has 0 aromatic heterocycles. The lowest BCUT2D eigenvalue weighted by Gasteiger charge is -2.26. The Morgan fingerprint density at radius 2 is 1.79 bits per heavy atom. The molecule has 1 heterocycles. The Morgan fingerprint density at radius 1 is 1.21 bits per heavy atom. The zero-order valence-electron chi connectivity index (χ0n) is 12.1. The maximum Gasteiger partial charge on any atom is 0.225 e. The molecule has 0 aromatic carbocycles. The van der Waals surface area contributed by atoms with Crippen molar-refractivity contribution < 1.29 is 9.59 Å². The van der Waals surface area contributed by atoms with Gasteiger partial charge in [0.1, 0.15) is 0 Å². The van der Waals surface area contributed by atoms with E-state index in [1.165, 1.54) is 0 Å². The predicted molar refractivity (Wildman–Crippen MR) is 72.3 cm³/mol. The van der Waals surface area contributed by atoms with Crippen molar-refractivity contribution in [1.29, 1.82) is 0 Å². The van der Waals surface area contributed by atoms with E-state index in [0.29, 0.717) is 23.7 Å². The zero-order valence-corrected chi connectivity index (χ0v) is 12.1. The molecule has 0 radical (unpaired) electrons. The van der Waals surface area contributed by atoms with E-state index in [2.05, 4.69) is 26.1 Å². The maximum atomic E-state index is 12.2. The Morgan fingerprint density at radius 3 is 2.26 bits per heavy atom. The second-order valence-corrected chi connectivity index (χ2v) is 7.10. The second-order valence-electron chi connectivity index (χ2n) is 7.10. The Hall–Kier alpha value is -1.06. The summed E-state index contributed by atoms with van der Waals surface area (Å²) in [5.41, 5.74) is -0.114. The van der Waals surface area contributed by atoms with Gasteiger partial charge in [0, 0.05) is 30.5 Å². The lowest BCUT2D eigenvalue weighted by Crippen LogP contribution is -2.45. The van der Waals surface area contributed by atoms with Crippen LogP contribution in [0.15, 0.2) is 0 Å². The van der Waals surface area contributed by atoms with Gasteiger partial charge in [-0.15, -0.1) is 0 Å². The first-order valence-electron chi connectivity index (χ1n) is 7.54. The van der Waals surface area contributed by atoms with E-state index in [-0.39, 0.29) is 17.4 Å². The van der Waals surface area contributed by atoms with Gasteiger partial charge < -0.3 is 10.2 Å². The molecule has 1 N–H and O–H groups in total. The molecule has 2 amide bonds. The van der Waals surface area contributed by atoms with E-state index in [1.807, 2.05) is 4.90 Å². The van der Waals surface area contributed by atoms with E-state index >= 15 is 0 Å². The van der Waals surface area contributed by atoms with Crippen LogP contribution in [0.4, 0.5) is 0 Å². The summed E-state index contributed by atoms with van der Waals surface area (Å²) in [6.07, 6.45) is 3.08. The molecule has 2 aliphatic carbocycles. The van der Waals surface area contributed by atoms with Crippen LogP contribution in [-0.2, 0) is 9.59 Å². The predicted octanol–water partition coefficient (Wildman–Crippen LogP) is 1.41. The minimum Gasteiger partial charge on any atom is -0.351 e. The monoisotopic (exact) mass is 264 g/mol. The number of hydrogen-bond acceptors (Lipinski definition) is 2. The molecular weight excluding hydrogens is 240 g/mol. The van der Waals surface area contributed by atoms with Crippen molar-refractivity contribution in [2.24, 2.45) is 23.7 Å². The van der Waals surface area contributed by atoms with Gasteiger partial charge in [-0.3, -0.25) is 9.59 Å². The molecule has 0 aromatic rings. The number of fused-ring (bicyclic) bond motifs is 1. The second kappa shape index (κ2) is 4.22. The molecule has 3 rings (SSSR count). The third kappa shape index (κ3) is 2.37. The van der Waals surface area contributed by atoms with Crippen LogP contribution < -0.4 is 5.32 Å². The summed E-state index contributed by atoms with van der Waals surface area (Å²) in [4.78, 5) is 26.1. The molecular formula is C15H24N2O2. The number of nitrogens with one attached hydrogen (secondary N) is 1. The van der Waals surface area contributed by atoms with Gasteiger partial charge in [-0.1, -0.05) is 6.92 Å². The number of carbonyl (C=O) groups is 2. The smallest absolute Gasteiger partial charge is 0.225 e. The van der Waals surface area contributed by atoms with E-state index < -0.39 is 0 Å². The molecule has 4 nitrogen and oxygen atoms in total. The molecule has 2 saturated carbocycles. The highest BCUT2D eigenvalue weighted by Gasteiger charge is 2.61. The normalized spacial score (nSPS) is 33.0. The van der Waals surface area contributed by atoms with Crippen molar-refractivity contribution in [3.63, 3.8) is 0 Å². The van der Waals surface area contributed by atoms with Gasteiger partial charge in [-0.2, -0.15) is 0 Å². The third-order valence-corrected chi connectivity index (χ3v) is 5.08. The molecule has 0 bridgehead atoms. The van der Waals surface area contributed by atoms with Crippen LogP contribution in [0.3, 0.4) is 0 Å². The Kier molecular flexibility index (Phi) is 2.88. The first-order valence-corrected chi connectivity index (χ1v) is 7.54. The number of likely N-dealkylation sites (tertiary alicyclic amines) is 1. The van der Waals surface area contributed by atoms with Crippen molar-refractivity contribution in [1.82, 2.24) is 10.2 Å². The van der Waals surface area contributed by atoms with Gasteiger partial charge in [0.2, 0.25) is 11.8 Å². The summed E-state index contributed by atoms with van der Waals surface area (Å²) in [5, 5.41) is 3.13. The SMILES string of the molecule is CCC(C)(C)NC(=O)C1C2CN(C(=O)C3CC3)CC21. The molecule has 2 unspecified atom stereocenters. The average Bonchev–Trinajstić information content (AvgIpc) is 3.26. The van der Waals surface area contributed by atoms with E-state index in [9.17, 15) is 9.59 Å². The van der Waals surface area contributed by atoms with Crippen molar-refractivity contribution in [3.05, 3.63) is 0 Å². The van der Waals surface area contributed by atoms with Crippen LogP contribution in [-0.4, -0.2) is 35.3 Å². The fourth-order valence-electron chi connectivity index (χ4n) is 3.19. The molecule has 2 atom stereocenters. The standard InChI is InChI=1S/C15H24N2O2/c1-4-15(2,3)16-13(18)12-10-7-17(8-11(10)12)14(19)9-5-6-9/h9-12H,4-8H2,1-3H3,(H,16,18). The van der Waals surface area contributed by atoms with Crippen molar-refractivity contribution in [2.75, 3.05) is 13.1 Å². The highest BCUT2D eigenvalue weighted by atomic mass is 16.2. The zero-order chi connectivity index (χ0) is 13.8. The first kappa shape index (κ1) is 12.9. The maximum absolute atomic E-state index is 12.2. The summed E-state index contributed by atoms with van der Waals surface area (Å²) >= 11 is 0. The first-order chi connectivity index (χ1) is 8.93. The summed E-state index contributed by atoms with van der Waals surface area (Å²) in [6.45, 7) is 7.83. The molecule has 106 valence electrons. The van der Waals surface area contributed by atoms with E-state index in [4.69, 9.17) is 0 Å². The van der Waals surface area contributed by atoms with Gasteiger partial charge in [-0.05, 0) is 44.9 Å². The number of nitrogens with zero attached hydrogens (tertiary/aromatic N) is 1. The third-order valence-electron chi connectivity index (χ3n) is 5.08. The summed E-state index contributed by atoms with van der Waals surface area (Å²) < 4.78 is 0. The van der Waals surface area contributed by atoms with Crippen LogP contribution in [0.25, 0.3) is 0 Å². The number of carbonyl (C=O) groups excluding carboxylic acids is 2. The van der Waals surface area contributed by atoms with Crippen molar-refractivity contribution >= 4 is 11.8 Å². The Labute approximate surface area is 114 Å². The van der Waals surface area contributed by atoms with Crippen molar-refractivity contribution in [3.8, 4) is 0 Å². The minimum atomic E-state index is -0.114. The number of piperidine rings is 1. The van der Waals surface area contributed by atoms with Crippen LogP contribution in [0, 0.1) is 23.7 Å². The van der Waals surface area contributed by atoms with Gasteiger partial charge in [0.25, 0.3) is 0 Å². The summed E-state index contributed by atoms with van der Waals surface area (Å²) in [7, 11) is 0. The minimum absolute atomic E-state index is 0.114. The number of hydrogen-bond donors (Lipinski definition) is 1. The van der Waals surface area contributed by atoms with E-state index in [1.54, 1.807) is 0 Å². The Bertz CT molecular complexity index is 402. The molecule has 0 spiro atoms. The van der Waals surface area contributed by atoms with Crippen LogP contribution in [0.5, 0.6) is 0 Å². The van der Waals surface area contributed by atoms with Gasteiger partial charge in [0.05, 0.1) is 0 Å². The molecule has 1 aliphatic heterocycles. The van der Waals surface area contributed by atoms with Gasteiger partial charge in [-0.25, -0.2) is 0 Å². The summed E-state index contributed by atoms with van der Waals surface area (Å²) in [6, 6.07) is 0. The molecule has 3 fully saturated rings. The van der Waals surface area contributed by atoms with Crippen LogP contribution >= 0.6 is 0 Å². The summed E-state index contributed by atoms with van der Waals surface area (Å²) in [5.74, 6) is 1.85. The number of rotatable bonds is 4. The van der Waals surface area contributed by atoms with Gasteiger partial charge in [0.15, 0.2) is 0 Å². The topological polar surface area (TPSA) is 49.4 Å². The fourth-order valence-corrected chi connectivity index (χ4v) is 3.19. The highest BCUT2D eigenvalue weighted by Crippen LogP contribution is 2.52. The molecule has 1 saturated heterocycles. The lowest BCUT2D eigenvalue weighted by molar-refractivity contribution is -0.133. The van der Waals surface area contributed by atoms with E-state index in [0.717, 1.165) is 32.4 Å². The van der Waals surface area contributed by atoms with Crippen molar-refractivity contribution in [2.45, 2.75) is 45.6 Å². The lowest BCUT2D eigenvalue weighted by atomic mass is 10.0. The fraction of sp³-hybridized carbons (Fsp3) is 0.867. The quantitative estimate of drug-likeness (QED) is 0.834. The highest BCUT2D eigenvalue weighted by molar-refractivity contribution is 5.85.